The highest BCUT2D eigenvalue weighted by atomic mass is 16.2. The maximum atomic E-state index is 13.1. The predicted molar refractivity (Wildman–Crippen MR) is 118 cm³/mol. The Morgan fingerprint density at radius 1 is 0.897 bits per heavy atom. The van der Waals surface area contributed by atoms with Gasteiger partial charge < -0.3 is 10.3 Å². The van der Waals surface area contributed by atoms with Crippen molar-refractivity contribution >= 4 is 16.6 Å². The molecule has 0 fully saturated rings. The van der Waals surface area contributed by atoms with E-state index in [-0.39, 0.29) is 11.2 Å². The summed E-state index contributed by atoms with van der Waals surface area (Å²) in [5.41, 5.74) is 12.6. The highest BCUT2D eigenvalue weighted by Crippen LogP contribution is 2.34. The monoisotopic (exact) mass is 388 g/mol. The van der Waals surface area contributed by atoms with Crippen LogP contribution in [0.3, 0.4) is 0 Å². The Kier molecular flexibility index (Phi) is 4.22. The fourth-order valence-electron chi connectivity index (χ4n) is 3.84. The molecule has 0 aliphatic heterocycles. The number of nitrogens with two attached hydrogens (primary N) is 1. The molecule has 0 radical (unpaired) electrons. The van der Waals surface area contributed by atoms with Gasteiger partial charge in [0.2, 0.25) is 0 Å². The van der Waals surface area contributed by atoms with Crippen molar-refractivity contribution < 1.29 is 0 Å². The van der Waals surface area contributed by atoms with Gasteiger partial charge in [0, 0.05) is 20.3 Å². The first kappa shape index (κ1) is 18.8. The van der Waals surface area contributed by atoms with E-state index in [0.29, 0.717) is 16.6 Å². The highest BCUT2D eigenvalue weighted by Gasteiger charge is 2.21. The van der Waals surface area contributed by atoms with Gasteiger partial charge in [-0.15, -0.1) is 0 Å². The summed E-state index contributed by atoms with van der Waals surface area (Å²) in [7, 11) is 3.18. The zero-order chi connectivity index (χ0) is 21.0. The van der Waals surface area contributed by atoms with Gasteiger partial charge in [-0.3, -0.25) is 13.9 Å². The fraction of sp³-hybridized carbons (Fsp3) is 0.217. The van der Waals surface area contributed by atoms with Crippen molar-refractivity contribution in [3.63, 3.8) is 0 Å². The van der Waals surface area contributed by atoms with E-state index < -0.39 is 0 Å². The summed E-state index contributed by atoms with van der Waals surface area (Å²) in [6.07, 6.45) is 1.83. The standard InChI is InChI=1S/C23H24N4O2/c1-13-7-6-8-16(9-13)21-20-19(25(4)23(29)26(5)22(20)28)12-27(21)18-11-15(3)14(2)10-17(18)24/h6-12H,24H2,1-5H3. The van der Waals surface area contributed by atoms with Crippen LogP contribution < -0.4 is 17.0 Å². The number of fused-ring (bicyclic) bond motifs is 1. The number of rotatable bonds is 2. The van der Waals surface area contributed by atoms with Gasteiger partial charge in [-0.2, -0.15) is 0 Å². The van der Waals surface area contributed by atoms with Gasteiger partial charge in [-0.25, -0.2) is 4.79 Å². The Balaban J connectivity index is 2.24. The second kappa shape index (κ2) is 6.51. The molecule has 4 rings (SSSR count). The van der Waals surface area contributed by atoms with E-state index in [2.05, 4.69) is 0 Å². The molecule has 6 heteroatoms. The molecule has 0 atom stereocenters. The van der Waals surface area contributed by atoms with E-state index in [1.54, 1.807) is 7.05 Å². The molecule has 0 aliphatic rings. The quantitative estimate of drug-likeness (QED) is 0.536. The third-order valence-electron chi connectivity index (χ3n) is 5.63. The van der Waals surface area contributed by atoms with E-state index >= 15 is 0 Å². The maximum absolute atomic E-state index is 13.1. The van der Waals surface area contributed by atoms with Crippen LogP contribution in [0, 0.1) is 20.8 Å². The summed E-state index contributed by atoms with van der Waals surface area (Å²) in [5, 5.41) is 0.498. The summed E-state index contributed by atoms with van der Waals surface area (Å²) in [5.74, 6) is 0. The first-order chi connectivity index (χ1) is 13.7. The molecular formula is C23H24N4O2. The molecule has 29 heavy (non-hydrogen) atoms. The van der Waals surface area contributed by atoms with Crippen molar-refractivity contribution in [2.75, 3.05) is 5.73 Å². The third-order valence-corrected chi connectivity index (χ3v) is 5.63. The van der Waals surface area contributed by atoms with Gasteiger partial charge in [-0.1, -0.05) is 23.8 Å². The second-order valence-electron chi connectivity index (χ2n) is 7.68. The Morgan fingerprint density at radius 2 is 1.59 bits per heavy atom. The molecule has 2 N–H and O–H groups in total. The van der Waals surface area contributed by atoms with E-state index in [1.165, 1.54) is 11.6 Å². The van der Waals surface area contributed by atoms with Crippen LogP contribution in [0.4, 0.5) is 5.69 Å². The minimum absolute atomic E-state index is 0.319. The second-order valence-corrected chi connectivity index (χ2v) is 7.68. The SMILES string of the molecule is Cc1cccc(-c2c3c(=O)n(C)c(=O)n(C)c3cn2-c2cc(C)c(C)cc2N)c1. The summed E-state index contributed by atoms with van der Waals surface area (Å²) < 4.78 is 4.58. The largest absolute Gasteiger partial charge is 0.397 e. The lowest BCUT2D eigenvalue weighted by Gasteiger charge is -2.15. The van der Waals surface area contributed by atoms with Crippen LogP contribution in [-0.2, 0) is 14.1 Å². The first-order valence-corrected chi connectivity index (χ1v) is 9.46. The van der Waals surface area contributed by atoms with Gasteiger partial charge in [-0.05, 0) is 55.7 Å². The molecule has 0 unspecified atom stereocenters. The van der Waals surface area contributed by atoms with Gasteiger partial charge in [0.15, 0.2) is 0 Å². The molecule has 0 saturated carbocycles. The zero-order valence-corrected chi connectivity index (χ0v) is 17.3. The van der Waals surface area contributed by atoms with Gasteiger partial charge in [0.1, 0.15) is 0 Å². The highest BCUT2D eigenvalue weighted by molar-refractivity contribution is 5.95. The number of aromatic nitrogens is 3. The first-order valence-electron chi connectivity index (χ1n) is 9.46. The zero-order valence-electron chi connectivity index (χ0n) is 17.3. The van der Waals surface area contributed by atoms with E-state index in [0.717, 1.165) is 38.2 Å². The molecule has 0 saturated heterocycles. The van der Waals surface area contributed by atoms with Crippen LogP contribution >= 0.6 is 0 Å². The van der Waals surface area contributed by atoms with Crippen LogP contribution in [0.15, 0.2) is 52.2 Å². The lowest BCUT2D eigenvalue weighted by molar-refractivity contribution is 0.714. The Bertz CT molecular complexity index is 1400. The molecule has 2 heterocycles. The van der Waals surface area contributed by atoms with Crippen molar-refractivity contribution in [3.8, 4) is 16.9 Å². The predicted octanol–water partition coefficient (Wildman–Crippen LogP) is 3.20. The maximum Gasteiger partial charge on any atom is 0.330 e. The van der Waals surface area contributed by atoms with Gasteiger partial charge in [0.25, 0.3) is 5.56 Å². The average molecular weight is 388 g/mol. The van der Waals surface area contributed by atoms with Crippen LogP contribution in [0.2, 0.25) is 0 Å². The lowest BCUT2D eigenvalue weighted by atomic mass is 10.0. The molecule has 0 bridgehead atoms. The summed E-state index contributed by atoms with van der Waals surface area (Å²) in [6.45, 7) is 6.06. The number of benzene rings is 2. The molecule has 0 aliphatic carbocycles. The molecule has 2 aromatic heterocycles. The number of hydrogen-bond acceptors (Lipinski definition) is 3. The van der Waals surface area contributed by atoms with Crippen LogP contribution in [0.25, 0.3) is 27.8 Å². The number of anilines is 1. The molecule has 4 aromatic rings. The van der Waals surface area contributed by atoms with E-state index in [4.69, 9.17) is 5.73 Å². The Hall–Kier alpha value is -3.54. The normalized spacial score (nSPS) is 11.3. The molecular weight excluding hydrogens is 364 g/mol. The minimum atomic E-state index is -0.358. The van der Waals surface area contributed by atoms with Crippen molar-refractivity contribution in [2.45, 2.75) is 20.8 Å². The minimum Gasteiger partial charge on any atom is -0.397 e. The summed E-state index contributed by atoms with van der Waals surface area (Å²) in [4.78, 5) is 25.6. The summed E-state index contributed by atoms with van der Waals surface area (Å²) >= 11 is 0. The van der Waals surface area contributed by atoms with Crippen LogP contribution in [-0.4, -0.2) is 13.7 Å². The van der Waals surface area contributed by atoms with E-state index in [9.17, 15) is 9.59 Å². The van der Waals surface area contributed by atoms with Crippen molar-refractivity contribution in [1.29, 1.82) is 0 Å². The van der Waals surface area contributed by atoms with Crippen LogP contribution in [0.5, 0.6) is 0 Å². The number of nitrogens with zero attached hydrogens (tertiary/aromatic N) is 3. The van der Waals surface area contributed by atoms with Gasteiger partial charge >= 0.3 is 5.69 Å². The fourth-order valence-corrected chi connectivity index (χ4v) is 3.84. The lowest BCUT2D eigenvalue weighted by Crippen LogP contribution is -2.36. The topological polar surface area (TPSA) is 75.0 Å². The Labute approximate surface area is 168 Å². The van der Waals surface area contributed by atoms with Crippen LogP contribution in [0.1, 0.15) is 16.7 Å². The molecule has 0 amide bonds. The smallest absolute Gasteiger partial charge is 0.330 e. The third kappa shape index (κ3) is 2.79. The number of nitrogen functional groups attached to an aromatic ring is 1. The summed E-state index contributed by atoms with van der Waals surface area (Å²) in [6, 6.07) is 11.9. The van der Waals surface area contributed by atoms with Crippen molar-refractivity contribution in [1.82, 2.24) is 13.7 Å². The molecule has 0 spiro atoms. The number of aryl methyl sites for hydroxylation is 4. The number of hydrogen-bond donors (Lipinski definition) is 1. The Morgan fingerprint density at radius 3 is 2.28 bits per heavy atom. The van der Waals surface area contributed by atoms with Crippen molar-refractivity contribution in [3.05, 3.63) is 80.1 Å². The molecule has 148 valence electrons. The molecule has 6 nitrogen and oxygen atoms in total. The molecule has 2 aromatic carbocycles. The van der Waals surface area contributed by atoms with Crippen molar-refractivity contribution in [2.24, 2.45) is 14.1 Å². The van der Waals surface area contributed by atoms with Gasteiger partial charge in [0.05, 0.1) is 28.0 Å². The van der Waals surface area contributed by atoms with E-state index in [1.807, 2.05) is 67.9 Å². The average Bonchev–Trinajstić information content (AvgIpc) is 3.08.